The summed E-state index contributed by atoms with van der Waals surface area (Å²) in [5.74, 6) is -1.49. The van der Waals surface area contributed by atoms with Crippen molar-refractivity contribution in [2.45, 2.75) is 30.4 Å². The van der Waals surface area contributed by atoms with Crippen molar-refractivity contribution < 1.29 is 36.2 Å². The Labute approximate surface area is 132 Å². The minimum atomic E-state index is -4.68. The molecular weight excluding hydrogens is 345 g/mol. The zero-order valence-electron chi connectivity index (χ0n) is 11.6. The maximum atomic E-state index is 12.6. The number of thioether (sulfide) groups is 1. The Morgan fingerprint density at radius 3 is 2.52 bits per heavy atom. The number of esters is 1. The summed E-state index contributed by atoms with van der Waals surface area (Å²) in [4.78, 5) is 11.1. The van der Waals surface area contributed by atoms with Crippen LogP contribution in [0.4, 0.5) is 22.0 Å². The van der Waals surface area contributed by atoms with E-state index in [-0.39, 0.29) is 12.2 Å². The second-order valence-corrected chi connectivity index (χ2v) is 5.04. The van der Waals surface area contributed by atoms with Crippen molar-refractivity contribution in [3.8, 4) is 11.8 Å². The molecule has 0 aromatic heterocycles. The summed E-state index contributed by atoms with van der Waals surface area (Å²) in [5, 5.41) is 9.06. The van der Waals surface area contributed by atoms with Crippen LogP contribution in [0.2, 0.25) is 0 Å². The van der Waals surface area contributed by atoms with E-state index in [9.17, 15) is 26.7 Å². The molecule has 0 aliphatic heterocycles. The van der Waals surface area contributed by atoms with Crippen molar-refractivity contribution in [2.24, 2.45) is 0 Å². The van der Waals surface area contributed by atoms with E-state index in [1.165, 1.54) is 13.0 Å². The summed E-state index contributed by atoms with van der Waals surface area (Å²) < 4.78 is 71.1. The topological polar surface area (TPSA) is 59.3 Å². The molecule has 1 aromatic rings. The van der Waals surface area contributed by atoms with Crippen molar-refractivity contribution in [3.05, 3.63) is 23.3 Å². The molecule has 0 bridgehead atoms. The third-order valence-electron chi connectivity index (χ3n) is 2.41. The maximum absolute atomic E-state index is 12.6. The van der Waals surface area contributed by atoms with Gasteiger partial charge in [-0.25, -0.2) is 0 Å². The molecule has 0 fully saturated rings. The molecule has 1 rings (SSSR count). The molecule has 0 N–H and O–H groups in total. The Hall–Kier alpha value is -2.02. The molecule has 0 aliphatic carbocycles. The highest BCUT2D eigenvalue weighted by Gasteiger charge is 2.32. The van der Waals surface area contributed by atoms with Gasteiger partial charge in [-0.2, -0.15) is 27.2 Å². The zero-order valence-corrected chi connectivity index (χ0v) is 12.4. The molecule has 0 heterocycles. The van der Waals surface area contributed by atoms with Crippen LogP contribution in [0, 0.1) is 11.3 Å². The van der Waals surface area contributed by atoms with E-state index in [0.717, 1.165) is 12.1 Å². The first-order valence-corrected chi connectivity index (χ1v) is 6.91. The summed E-state index contributed by atoms with van der Waals surface area (Å²) in [6.45, 7) is -1.79. The summed E-state index contributed by atoms with van der Waals surface area (Å²) in [7, 11) is 0. The molecule has 23 heavy (non-hydrogen) atoms. The van der Waals surface area contributed by atoms with Crippen LogP contribution in [-0.2, 0) is 16.0 Å². The van der Waals surface area contributed by atoms with E-state index in [2.05, 4.69) is 9.47 Å². The largest absolute Gasteiger partial charge is 0.466 e. The number of hydrogen-bond acceptors (Lipinski definition) is 5. The standard InChI is InChI=1S/C13H10F5NO3S/c1-2-21-11(20)5-7-8(6-19)9(22-12(14)15)3-4-10(7)23-13(16,17)18/h3-4,12H,2,5H2,1H3. The number of carbonyl (C=O) groups is 1. The van der Waals surface area contributed by atoms with Crippen LogP contribution in [0.3, 0.4) is 0 Å². The van der Waals surface area contributed by atoms with Crippen molar-refractivity contribution in [2.75, 3.05) is 6.61 Å². The number of nitrogens with zero attached hydrogens (tertiary/aromatic N) is 1. The summed E-state index contributed by atoms with van der Waals surface area (Å²) in [6.07, 6.45) is -0.671. The van der Waals surface area contributed by atoms with Gasteiger partial charge in [0.25, 0.3) is 0 Å². The SMILES string of the molecule is CCOC(=O)Cc1c(SC(F)(F)F)ccc(OC(F)F)c1C#N. The smallest absolute Gasteiger partial charge is 0.446 e. The van der Waals surface area contributed by atoms with E-state index in [4.69, 9.17) is 5.26 Å². The Balaban J connectivity index is 3.35. The Morgan fingerprint density at radius 1 is 1.39 bits per heavy atom. The van der Waals surface area contributed by atoms with E-state index in [1.54, 1.807) is 0 Å². The van der Waals surface area contributed by atoms with Gasteiger partial charge < -0.3 is 9.47 Å². The molecule has 0 amide bonds. The number of benzene rings is 1. The van der Waals surface area contributed by atoms with Crippen LogP contribution < -0.4 is 4.74 Å². The Morgan fingerprint density at radius 2 is 2.04 bits per heavy atom. The van der Waals surface area contributed by atoms with Crippen molar-refractivity contribution in [3.63, 3.8) is 0 Å². The number of carbonyl (C=O) groups excluding carboxylic acids is 1. The molecular formula is C13H10F5NO3S. The molecule has 10 heteroatoms. The van der Waals surface area contributed by atoms with Gasteiger partial charge in [-0.3, -0.25) is 4.79 Å². The molecule has 0 saturated carbocycles. The first-order valence-electron chi connectivity index (χ1n) is 6.10. The van der Waals surface area contributed by atoms with Gasteiger partial charge in [0.05, 0.1) is 18.6 Å². The lowest BCUT2D eigenvalue weighted by molar-refractivity contribution is -0.142. The average Bonchev–Trinajstić information content (AvgIpc) is 2.40. The lowest BCUT2D eigenvalue weighted by Gasteiger charge is -2.15. The molecule has 1 aromatic carbocycles. The highest BCUT2D eigenvalue weighted by Crippen LogP contribution is 2.41. The first-order chi connectivity index (χ1) is 10.7. The molecule has 0 saturated heterocycles. The predicted octanol–water partition coefficient (Wildman–Crippen LogP) is 3.88. The summed E-state index contributed by atoms with van der Waals surface area (Å²) >= 11 is -0.557. The van der Waals surface area contributed by atoms with Gasteiger partial charge >= 0.3 is 18.1 Å². The van der Waals surface area contributed by atoms with Crippen molar-refractivity contribution >= 4 is 17.7 Å². The van der Waals surface area contributed by atoms with Crippen LogP contribution in [0.15, 0.2) is 17.0 Å². The van der Waals surface area contributed by atoms with Gasteiger partial charge in [-0.1, -0.05) is 0 Å². The fourth-order valence-electron chi connectivity index (χ4n) is 1.68. The lowest BCUT2D eigenvalue weighted by atomic mass is 10.0. The van der Waals surface area contributed by atoms with Gasteiger partial charge in [-0.05, 0) is 36.4 Å². The van der Waals surface area contributed by atoms with E-state index in [1.807, 2.05) is 0 Å². The molecule has 0 unspecified atom stereocenters. The van der Waals surface area contributed by atoms with Crippen LogP contribution in [0.5, 0.6) is 5.75 Å². The normalized spacial score (nSPS) is 11.2. The monoisotopic (exact) mass is 355 g/mol. The van der Waals surface area contributed by atoms with Gasteiger partial charge in [0.15, 0.2) is 0 Å². The third-order valence-corrected chi connectivity index (χ3v) is 3.25. The molecule has 0 atom stereocenters. The van der Waals surface area contributed by atoms with E-state index in [0.29, 0.717) is 0 Å². The fourth-order valence-corrected chi connectivity index (χ4v) is 2.36. The minimum absolute atomic E-state index is 0.0182. The van der Waals surface area contributed by atoms with Crippen LogP contribution in [0.25, 0.3) is 0 Å². The van der Waals surface area contributed by atoms with Gasteiger partial charge in [-0.15, -0.1) is 0 Å². The molecule has 126 valence electrons. The van der Waals surface area contributed by atoms with Crippen LogP contribution >= 0.6 is 11.8 Å². The average molecular weight is 355 g/mol. The van der Waals surface area contributed by atoms with Gasteiger partial charge in [0.1, 0.15) is 11.8 Å². The number of rotatable bonds is 6. The highest BCUT2D eigenvalue weighted by atomic mass is 32.2. The quantitative estimate of drug-likeness (QED) is 0.440. The molecule has 0 radical (unpaired) electrons. The van der Waals surface area contributed by atoms with E-state index < -0.39 is 52.5 Å². The first kappa shape index (κ1) is 19.0. The summed E-state index contributed by atoms with van der Waals surface area (Å²) in [5.41, 5.74) is -5.61. The predicted molar refractivity (Wildman–Crippen MR) is 70.0 cm³/mol. The number of hydrogen-bond donors (Lipinski definition) is 0. The highest BCUT2D eigenvalue weighted by molar-refractivity contribution is 8.00. The summed E-state index contributed by atoms with van der Waals surface area (Å²) in [6, 6.07) is 3.19. The number of alkyl halides is 5. The number of halogens is 5. The van der Waals surface area contributed by atoms with E-state index >= 15 is 0 Å². The van der Waals surface area contributed by atoms with Crippen LogP contribution in [-0.4, -0.2) is 24.7 Å². The molecule has 0 aliphatic rings. The second kappa shape index (κ2) is 8.01. The Bertz CT molecular complexity index is 613. The van der Waals surface area contributed by atoms with Crippen LogP contribution in [0.1, 0.15) is 18.1 Å². The molecule has 4 nitrogen and oxygen atoms in total. The zero-order chi connectivity index (χ0) is 17.6. The lowest BCUT2D eigenvalue weighted by Crippen LogP contribution is -2.12. The fraction of sp³-hybridized carbons (Fsp3) is 0.385. The van der Waals surface area contributed by atoms with Gasteiger partial charge in [0.2, 0.25) is 0 Å². The van der Waals surface area contributed by atoms with Crippen molar-refractivity contribution in [1.29, 1.82) is 5.26 Å². The number of ether oxygens (including phenoxy) is 2. The molecule has 0 spiro atoms. The van der Waals surface area contributed by atoms with Crippen molar-refractivity contribution in [1.82, 2.24) is 0 Å². The number of nitriles is 1. The minimum Gasteiger partial charge on any atom is -0.466 e. The second-order valence-electron chi connectivity index (χ2n) is 3.94. The Kier molecular flexibility index (Phi) is 6.62. The third kappa shape index (κ3) is 5.94. The maximum Gasteiger partial charge on any atom is 0.446 e. The van der Waals surface area contributed by atoms with Gasteiger partial charge in [0, 0.05) is 4.90 Å².